The summed E-state index contributed by atoms with van der Waals surface area (Å²) in [6.45, 7) is -1.15. The zero-order valence-corrected chi connectivity index (χ0v) is 8.79. The second-order valence-corrected chi connectivity index (χ2v) is 3.24. The van der Waals surface area contributed by atoms with E-state index in [0.29, 0.717) is 0 Å². The van der Waals surface area contributed by atoms with Gasteiger partial charge in [-0.1, -0.05) is 0 Å². The number of aromatic nitrogens is 1. The lowest BCUT2D eigenvalue weighted by Gasteiger charge is -2.14. The number of anilines is 1. The van der Waals surface area contributed by atoms with Gasteiger partial charge in [0.2, 0.25) is 5.88 Å². The topological polar surface area (TPSA) is 85.4 Å². The van der Waals surface area contributed by atoms with Gasteiger partial charge in [0.05, 0.1) is 12.1 Å². The molecule has 0 saturated carbocycles. The van der Waals surface area contributed by atoms with Gasteiger partial charge in [-0.15, -0.1) is 13.2 Å². The molecule has 1 aromatic heterocycles. The van der Waals surface area contributed by atoms with Crippen molar-refractivity contribution in [2.45, 2.75) is 19.5 Å². The maximum absolute atomic E-state index is 12.3. The summed E-state index contributed by atoms with van der Waals surface area (Å²) in [6.07, 6.45) is -5.88. The Morgan fingerprint density at radius 3 is 2.56 bits per heavy atom. The first-order valence-corrected chi connectivity index (χ1v) is 4.54. The number of alkyl halides is 4. The summed E-state index contributed by atoms with van der Waals surface area (Å²) >= 11 is 0. The molecule has 1 rings (SSSR count). The third-order valence-electron chi connectivity index (χ3n) is 1.85. The van der Waals surface area contributed by atoms with E-state index in [2.05, 4.69) is 9.72 Å². The van der Waals surface area contributed by atoms with Crippen LogP contribution in [0.1, 0.15) is 11.3 Å². The van der Waals surface area contributed by atoms with Gasteiger partial charge in [0, 0.05) is 11.3 Å². The van der Waals surface area contributed by atoms with Crippen LogP contribution in [0.25, 0.3) is 0 Å². The maximum Gasteiger partial charge on any atom is 0.574 e. The van der Waals surface area contributed by atoms with Crippen molar-refractivity contribution in [3.05, 3.63) is 17.3 Å². The van der Waals surface area contributed by atoms with Gasteiger partial charge in [-0.25, -0.2) is 9.37 Å². The van der Waals surface area contributed by atoms with Crippen molar-refractivity contribution in [1.29, 1.82) is 0 Å². The molecule has 0 aliphatic heterocycles. The molecular formula is C9H8F4N2O3. The minimum atomic E-state index is -5.07. The summed E-state index contributed by atoms with van der Waals surface area (Å²) in [6, 6.07) is 0.960. The fourth-order valence-electron chi connectivity index (χ4n) is 1.21. The van der Waals surface area contributed by atoms with Crippen LogP contribution in [-0.4, -0.2) is 22.4 Å². The smallest absolute Gasteiger partial charge is 0.481 e. The number of carboxylic acid groups (broad SMARTS) is 1. The molecule has 0 spiro atoms. The summed E-state index contributed by atoms with van der Waals surface area (Å²) < 4.78 is 52.1. The molecule has 0 atom stereocenters. The predicted octanol–water partition coefficient (Wildman–Crippen LogP) is 1.66. The van der Waals surface area contributed by atoms with Gasteiger partial charge in [-0.3, -0.25) is 4.79 Å². The highest BCUT2D eigenvalue weighted by atomic mass is 19.4. The van der Waals surface area contributed by atoms with Gasteiger partial charge in [0.1, 0.15) is 6.67 Å². The molecule has 0 unspecified atom stereocenters. The number of carbonyl (C=O) groups is 1. The van der Waals surface area contributed by atoms with E-state index in [9.17, 15) is 22.4 Å². The fourth-order valence-corrected chi connectivity index (χ4v) is 1.21. The van der Waals surface area contributed by atoms with Crippen molar-refractivity contribution >= 4 is 11.7 Å². The predicted molar refractivity (Wildman–Crippen MR) is 51.5 cm³/mol. The Balaban J connectivity index is 3.24. The molecule has 0 fully saturated rings. The van der Waals surface area contributed by atoms with E-state index >= 15 is 0 Å². The number of halogens is 4. The number of hydrogen-bond acceptors (Lipinski definition) is 4. The molecule has 1 aromatic rings. The van der Waals surface area contributed by atoms with Gasteiger partial charge in [0.25, 0.3) is 0 Å². The number of nitrogens with zero attached hydrogens (tertiary/aromatic N) is 1. The summed E-state index contributed by atoms with van der Waals surface area (Å²) in [4.78, 5) is 13.7. The molecular weight excluding hydrogens is 260 g/mol. The average Bonchev–Trinajstić information content (AvgIpc) is 2.20. The molecule has 0 amide bonds. The van der Waals surface area contributed by atoms with E-state index in [0.717, 1.165) is 6.07 Å². The highest BCUT2D eigenvalue weighted by molar-refractivity contribution is 5.74. The second kappa shape index (κ2) is 5.07. The van der Waals surface area contributed by atoms with Crippen LogP contribution >= 0.6 is 0 Å². The molecule has 5 nitrogen and oxygen atoms in total. The van der Waals surface area contributed by atoms with Gasteiger partial charge in [-0.05, 0) is 6.07 Å². The van der Waals surface area contributed by atoms with Crippen LogP contribution in [0.3, 0.4) is 0 Å². The molecule has 9 heteroatoms. The average molecular weight is 268 g/mol. The number of carboxylic acids is 1. The minimum Gasteiger partial charge on any atom is -0.481 e. The van der Waals surface area contributed by atoms with Crippen LogP contribution < -0.4 is 10.5 Å². The summed E-state index contributed by atoms with van der Waals surface area (Å²) in [5.41, 5.74) is 4.21. The molecule has 0 aromatic carbocycles. The third kappa shape index (κ3) is 3.75. The van der Waals surface area contributed by atoms with Crippen LogP contribution in [0.2, 0.25) is 0 Å². The molecule has 0 bridgehead atoms. The molecule has 1 heterocycles. The monoisotopic (exact) mass is 268 g/mol. The first kappa shape index (κ1) is 14.0. The normalized spacial score (nSPS) is 11.3. The molecule has 0 aliphatic carbocycles. The van der Waals surface area contributed by atoms with Crippen molar-refractivity contribution < 1.29 is 32.2 Å². The van der Waals surface area contributed by atoms with E-state index in [-0.39, 0.29) is 11.4 Å². The lowest BCUT2D eigenvalue weighted by atomic mass is 10.1. The largest absolute Gasteiger partial charge is 0.574 e. The lowest BCUT2D eigenvalue weighted by Crippen LogP contribution is -2.20. The van der Waals surface area contributed by atoms with E-state index in [1.165, 1.54) is 0 Å². The number of nitrogens with two attached hydrogens (primary N) is 1. The van der Waals surface area contributed by atoms with Crippen molar-refractivity contribution in [2.24, 2.45) is 0 Å². The third-order valence-corrected chi connectivity index (χ3v) is 1.85. The van der Waals surface area contributed by atoms with Gasteiger partial charge in [-0.2, -0.15) is 0 Å². The number of ether oxygens (including phenoxy) is 1. The molecule has 0 aliphatic rings. The molecule has 0 radical (unpaired) electrons. The Hall–Kier alpha value is -2.06. The first-order valence-electron chi connectivity index (χ1n) is 4.54. The van der Waals surface area contributed by atoms with Crippen LogP contribution in [0, 0.1) is 0 Å². The summed E-state index contributed by atoms with van der Waals surface area (Å²) in [5.74, 6) is -2.46. The molecule has 0 saturated heterocycles. The Morgan fingerprint density at radius 2 is 2.11 bits per heavy atom. The van der Waals surface area contributed by atoms with E-state index in [1.54, 1.807) is 0 Å². The lowest BCUT2D eigenvalue weighted by molar-refractivity contribution is -0.276. The SMILES string of the molecule is Nc1cc(CF)nc(OC(F)(F)F)c1CC(=O)O. The molecule has 18 heavy (non-hydrogen) atoms. The van der Waals surface area contributed by atoms with E-state index < -0.39 is 36.9 Å². The van der Waals surface area contributed by atoms with Crippen molar-refractivity contribution in [3.8, 4) is 5.88 Å². The molecule has 3 N–H and O–H groups in total. The zero-order chi connectivity index (χ0) is 13.9. The first-order chi connectivity index (χ1) is 8.23. The Morgan fingerprint density at radius 1 is 1.50 bits per heavy atom. The number of hydrogen-bond donors (Lipinski definition) is 2. The summed E-state index contributed by atoms with van der Waals surface area (Å²) in [7, 11) is 0. The van der Waals surface area contributed by atoms with Crippen molar-refractivity contribution in [3.63, 3.8) is 0 Å². The maximum atomic E-state index is 12.3. The minimum absolute atomic E-state index is 0.320. The Bertz CT molecular complexity index is 462. The second-order valence-electron chi connectivity index (χ2n) is 3.24. The van der Waals surface area contributed by atoms with Crippen LogP contribution in [-0.2, 0) is 17.9 Å². The number of rotatable bonds is 4. The highest BCUT2D eigenvalue weighted by Gasteiger charge is 2.34. The molecule has 100 valence electrons. The standard InChI is InChI=1S/C9H8F4N2O3/c10-3-4-1-6(14)5(2-7(16)17)8(15-4)18-9(11,12)13/h1H,2-3H2,(H2,14,15)(H,16,17). The van der Waals surface area contributed by atoms with Gasteiger partial charge < -0.3 is 15.6 Å². The Kier molecular flexibility index (Phi) is 3.94. The van der Waals surface area contributed by atoms with Crippen LogP contribution in [0.5, 0.6) is 5.88 Å². The van der Waals surface area contributed by atoms with Gasteiger partial charge >= 0.3 is 12.3 Å². The van der Waals surface area contributed by atoms with E-state index in [1.807, 2.05) is 0 Å². The van der Waals surface area contributed by atoms with Crippen LogP contribution in [0.4, 0.5) is 23.2 Å². The van der Waals surface area contributed by atoms with Crippen LogP contribution in [0.15, 0.2) is 6.07 Å². The quantitative estimate of drug-likeness (QED) is 0.811. The number of nitrogen functional groups attached to an aromatic ring is 1. The Labute approximate surface area is 98.2 Å². The van der Waals surface area contributed by atoms with Gasteiger partial charge in [0.15, 0.2) is 0 Å². The van der Waals surface area contributed by atoms with Crippen molar-refractivity contribution in [1.82, 2.24) is 4.98 Å². The van der Waals surface area contributed by atoms with Crippen molar-refractivity contribution in [2.75, 3.05) is 5.73 Å². The zero-order valence-electron chi connectivity index (χ0n) is 8.79. The number of pyridine rings is 1. The van der Waals surface area contributed by atoms with E-state index in [4.69, 9.17) is 10.8 Å². The fraction of sp³-hybridized carbons (Fsp3) is 0.333. The number of aliphatic carboxylic acids is 1. The summed E-state index contributed by atoms with van der Waals surface area (Å²) in [5, 5.41) is 8.55. The highest BCUT2D eigenvalue weighted by Crippen LogP contribution is 2.29.